The average molecular weight is 273 g/mol. The van der Waals surface area contributed by atoms with Gasteiger partial charge in [-0.1, -0.05) is 0 Å². The summed E-state index contributed by atoms with van der Waals surface area (Å²) >= 11 is 0. The van der Waals surface area contributed by atoms with Crippen LogP contribution in [0.25, 0.3) is 0 Å². The van der Waals surface area contributed by atoms with Crippen LogP contribution in [0.3, 0.4) is 0 Å². The van der Waals surface area contributed by atoms with E-state index in [1.165, 1.54) is 5.56 Å². The lowest BCUT2D eigenvalue weighted by atomic mass is 10.0. The number of amides is 1. The van der Waals surface area contributed by atoms with Gasteiger partial charge in [-0.3, -0.25) is 4.79 Å². The highest BCUT2D eigenvalue weighted by atomic mass is 16.2. The predicted octanol–water partition coefficient (Wildman–Crippen LogP) is 2.23. The van der Waals surface area contributed by atoms with E-state index in [-0.39, 0.29) is 0 Å². The van der Waals surface area contributed by atoms with Gasteiger partial charge in [0.1, 0.15) is 5.82 Å². The van der Waals surface area contributed by atoms with Crippen molar-refractivity contribution in [2.75, 3.05) is 25.0 Å². The van der Waals surface area contributed by atoms with Crippen LogP contribution >= 0.6 is 0 Å². The first-order chi connectivity index (χ1) is 9.65. The molecule has 3 rings (SSSR count). The lowest BCUT2D eigenvalue weighted by Crippen LogP contribution is -2.46. The molecular formula is C16H23N3O. The Labute approximate surface area is 120 Å². The number of anilines is 1. The zero-order valence-corrected chi connectivity index (χ0v) is 12.4. The molecule has 4 heteroatoms. The van der Waals surface area contributed by atoms with Crippen molar-refractivity contribution < 1.29 is 4.79 Å². The van der Waals surface area contributed by atoms with Crippen molar-refractivity contribution in [2.24, 2.45) is 5.92 Å². The molecule has 1 aliphatic heterocycles. The quantitative estimate of drug-likeness (QED) is 0.847. The van der Waals surface area contributed by atoms with Gasteiger partial charge in [-0.25, -0.2) is 4.98 Å². The van der Waals surface area contributed by atoms with Crippen molar-refractivity contribution >= 4 is 11.7 Å². The van der Waals surface area contributed by atoms with Crippen LogP contribution < -0.4 is 4.90 Å². The van der Waals surface area contributed by atoms with E-state index in [9.17, 15) is 4.79 Å². The smallest absolute Gasteiger partial charge is 0.225 e. The van der Waals surface area contributed by atoms with E-state index in [0.717, 1.165) is 44.6 Å². The van der Waals surface area contributed by atoms with Crippen LogP contribution in [0.5, 0.6) is 0 Å². The molecule has 0 aromatic carbocycles. The van der Waals surface area contributed by atoms with Gasteiger partial charge in [0.05, 0.1) is 0 Å². The third kappa shape index (κ3) is 2.79. The normalized spacial score (nSPS) is 20.0. The Kier molecular flexibility index (Phi) is 3.64. The van der Waals surface area contributed by atoms with Crippen molar-refractivity contribution in [3.8, 4) is 0 Å². The van der Waals surface area contributed by atoms with Gasteiger partial charge in [0.2, 0.25) is 5.91 Å². The summed E-state index contributed by atoms with van der Waals surface area (Å²) in [6, 6.07) is 4.57. The summed E-state index contributed by atoms with van der Waals surface area (Å²) in [7, 11) is 1.98. The van der Waals surface area contributed by atoms with Crippen molar-refractivity contribution in [3.05, 3.63) is 23.9 Å². The van der Waals surface area contributed by atoms with Crippen LogP contribution in [-0.4, -0.2) is 42.0 Å². The van der Waals surface area contributed by atoms with Crippen LogP contribution in [-0.2, 0) is 4.79 Å². The number of carbonyl (C=O) groups excluding carboxylic acids is 1. The lowest BCUT2D eigenvalue weighted by Gasteiger charge is -2.37. The van der Waals surface area contributed by atoms with E-state index in [4.69, 9.17) is 0 Å². The first kappa shape index (κ1) is 13.4. The highest BCUT2D eigenvalue weighted by Crippen LogP contribution is 2.32. The highest BCUT2D eigenvalue weighted by Gasteiger charge is 2.35. The Balaban J connectivity index is 1.57. The van der Waals surface area contributed by atoms with Crippen molar-refractivity contribution in [1.82, 2.24) is 9.88 Å². The SMILES string of the molecule is Cc1ccnc(N2CCC(N(C)C(=O)C3CC3)CC2)c1. The molecule has 1 aromatic heterocycles. The van der Waals surface area contributed by atoms with Gasteiger partial charge in [-0.05, 0) is 50.3 Å². The highest BCUT2D eigenvalue weighted by molar-refractivity contribution is 5.81. The molecule has 1 aromatic rings. The average Bonchev–Trinajstić information content (AvgIpc) is 3.30. The van der Waals surface area contributed by atoms with Gasteiger partial charge >= 0.3 is 0 Å². The second-order valence-electron chi connectivity index (χ2n) is 6.13. The molecule has 0 bridgehead atoms. The van der Waals surface area contributed by atoms with E-state index in [1.54, 1.807) is 0 Å². The van der Waals surface area contributed by atoms with Gasteiger partial charge in [0.25, 0.3) is 0 Å². The van der Waals surface area contributed by atoms with Gasteiger partial charge in [-0.15, -0.1) is 0 Å². The fourth-order valence-electron chi connectivity index (χ4n) is 2.97. The fourth-order valence-corrected chi connectivity index (χ4v) is 2.97. The minimum Gasteiger partial charge on any atom is -0.356 e. The van der Waals surface area contributed by atoms with Crippen molar-refractivity contribution in [2.45, 2.75) is 38.6 Å². The number of hydrogen-bond acceptors (Lipinski definition) is 3. The van der Waals surface area contributed by atoms with E-state index in [1.807, 2.05) is 24.2 Å². The van der Waals surface area contributed by atoms with E-state index in [0.29, 0.717) is 17.9 Å². The van der Waals surface area contributed by atoms with Crippen LogP contribution in [0.15, 0.2) is 18.3 Å². The molecule has 2 aliphatic rings. The molecule has 20 heavy (non-hydrogen) atoms. The number of pyridine rings is 1. The van der Waals surface area contributed by atoms with Gasteiger partial charge in [-0.2, -0.15) is 0 Å². The monoisotopic (exact) mass is 273 g/mol. The zero-order chi connectivity index (χ0) is 14.1. The van der Waals surface area contributed by atoms with Crippen LogP contribution in [0.2, 0.25) is 0 Å². The van der Waals surface area contributed by atoms with Gasteiger partial charge < -0.3 is 9.80 Å². The number of carbonyl (C=O) groups is 1. The number of piperidine rings is 1. The summed E-state index contributed by atoms with van der Waals surface area (Å²) in [6.07, 6.45) is 6.15. The molecule has 0 N–H and O–H groups in total. The molecule has 1 saturated carbocycles. The fraction of sp³-hybridized carbons (Fsp3) is 0.625. The Morgan fingerprint density at radius 1 is 1.30 bits per heavy atom. The number of aryl methyl sites for hydroxylation is 1. The third-order valence-corrected chi connectivity index (χ3v) is 4.51. The van der Waals surface area contributed by atoms with Crippen LogP contribution in [0.4, 0.5) is 5.82 Å². The molecule has 1 amide bonds. The Bertz CT molecular complexity index is 490. The third-order valence-electron chi connectivity index (χ3n) is 4.51. The number of aromatic nitrogens is 1. The first-order valence-corrected chi connectivity index (χ1v) is 7.59. The number of rotatable bonds is 3. The van der Waals surface area contributed by atoms with Gasteiger partial charge in [0, 0.05) is 38.3 Å². The van der Waals surface area contributed by atoms with E-state index in [2.05, 4.69) is 22.9 Å². The molecular weight excluding hydrogens is 250 g/mol. The first-order valence-electron chi connectivity index (χ1n) is 7.59. The maximum atomic E-state index is 12.1. The summed E-state index contributed by atoms with van der Waals surface area (Å²) in [5, 5.41) is 0. The van der Waals surface area contributed by atoms with E-state index >= 15 is 0 Å². The summed E-state index contributed by atoms with van der Waals surface area (Å²) in [4.78, 5) is 20.9. The topological polar surface area (TPSA) is 36.4 Å². The zero-order valence-electron chi connectivity index (χ0n) is 12.4. The number of hydrogen-bond donors (Lipinski definition) is 0. The second-order valence-corrected chi connectivity index (χ2v) is 6.13. The molecule has 2 heterocycles. The molecule has 0 spiro atoms. The molecule has 2 fully saturated rings. The van der Waals surface area contributed by atoms with Crippen molar-refractivity contribution in [3.63, 3.8) is 0 Å². The van der Waals surface area contributed by atoms with E-state index < -0.39 is 0 Å². The Morgan fingerprint density at radius 3 is 2.60 bits per heavy atom. The molecule has 108 valence electrons. The minimum absolute atomic E-state index is 0.330. The summed E-state index contributed by atoms with van der Waals surface area (Å²) < 4.78 is 0. The lowest BCUT2D eigenvalue weighted by molar-refractivity contribution is -0.133. The molecule has 4 nitrogen and oxygen atoms in total. The van der Waals surface area contributed by atoms with Gasteiger partial charge in [0.15, 0.2) is 0 Å². The standard InChI is InChI=1S/C16H23N3O/c1-12-5-8-17-15(11-12)19-9-6-14(7-10-19)18(2)16(20)13-3-4-13/h5,8,11,13-14H,3-4,6-7,9-10H2,1-2H3. The maximum Gasteiger partial charge on any atom is 0.225 e. The molecule has 1 aliphatic carbocycles. The molecule has 0 atom stereocenters. The molecule has 0 unspecified atom stereocenters. The second kappa shape index (κ2) is 5.43. The van der Waals surface area contributed by atoms with Crippen LogP contribution in [0.1, 0.15) is 31.2 Å². The summed E-state index contributed by atoms with van der Waals surface area (Å²) in [6.45, 7) is 4.08. The predicted molar refractivity (Wildman–Crippen MR) is 79.7 cm³/mol. The molecule has 0 radical (unpaired) electrons. The maximum absolute atomic E-state index is 12.1. The number of nitrogens with zero attached hydrogens (tertiary/aromatic N) is 3. The van der Waals surface area contributed by atoms with Crippen LogP contribution in [0, 0.1) is 12.8 Å². The largest absolute Gasteiger partial charge is 0.356 e. The summed E-state index contributed by atoms with van der Waals surface area (Å²) in [5.74, 6) is 1.76. The molecule has 1 saturated heterocycles. The summed E-state index contributed by atoms with van der Waals surface area (Å²) in [5.41, 5.74) is 1.25. The Morgan fingerprint density at radius 2 is 2.00 bits per heavy atom. The Hall–Kier alpha value is -1.58. The minimum atomic E-state index is 0.330. The van der Waals surface area contributed by atoms with Crippen molar-refractivity contribution in [1.29, 1.82) is 0 Å².